The maximum absolute atomic E-state index is 12.6. The third kappa shape index (κ3) is 0.943. The van der Waals surface area contributed by atoms with Crippen LogP contribution in [0.1, 0.15) is 0 Å². The molecule has 0 aromatic rings. The Hall–Kier alpha value is -1.19. The number of nitrogens with zero attached hydrogens (tertiary/aromatic N) is 2. The Balaban J connectivity index is 2.25. The summed E-state index contributed by atoms with van der Waals surface area (Å²) in [5.41, 5.74) is 2.63. The Morgan fingerprint density at radius 3 is 3.09 bits per heavy atom. The molecule has 1 fully saturated rings. The number of fused-ring (bicyclic) bond motifs is 1. The molecule has 2 aliphatic heterocycles. The molecule has 1 N–H and O–H groups in total. The molecule has 0 aromatic heterocycles. The van der Waals surface area contributed by atoms with Crippen molar-refractivity contribution < 1.29 is 4.39 Å². The predicted octanol–water partition coefficient (Wildman–Crippen LogP) is 0.404. The maximum atomic E-state index is 12.6. The Kier molecular flexibility index (Phi) is 1.27. The molecule has 60 valence electrons. The summed E-state index contributed by atoms with van der Waals surface area (Å²) in [5, 5.41) is 1.80. The molecule has 0 spiro atoms. The summed E-state index contributed by atoms with van der Waals surface area (Å²) in [6.45, 7) is 1.78. The van der Waals surface area contributed by atoms with E-state index in [1.165, 1.54) is 6.08 Å². The fourth-order valence-electron chi connectivity index (χ4n) is 1.33. The quantitative estimate of drug-likeness (QED) is 0.511. The van der Waals surface area contributed by atoms with Gasteiger partial charge in [-0.25, -0.2) is 0 Å². The highest BCUT2D eigenvalue weighted by atomic mass is 19.1. The molecule has 0 bridgehead atoms. The molecule has 0 aliphatic carbocycles. The smallest absolute Gasteiger partial charge is 0.205 e. The van der Waals surface area contributed by atoms with E-state index in [9.17, 15) is 4.39 Å². The van der Waals surface area contributed by atoms with Crippen LogP contribution in [0.3, 0.4) is 0 Å². The summed E-state index contributed by atoms with van der Waals surface area (Å²) in [6.07, 6.45) is 3.21. The van der Waals surface area contributed by atoms with Crippen LogP contribution in [0.4, 0.5) is 4.39 Å². The number of nitrogens with one attached hydrogen (secondary N) is 1. The minimum atomic E-state index is -0.288. The second-order valence-electron chi connectivity index (χ2n) is 2.72. The first-order chi connectivity index (χ1) is 5.27. The number of allylic oxidation sites excluding steroid dienone is 2. The Bertz CT molecular complexity index is 234. The number of hydrogen-bond acceptors (Lipinski definition) is 3. The zero-order chi connectivity index (χ0) is 7.84. The van der Waals surface area contributed by atoms with Gasteiger partial charge in [0, 0.05) is 13.6 Å². The first-order valence-electron chi connectivity index (χ1n) is 3.60. The normalized spacial score (nSPS) is 22.4. The molecule has 3 nitrogen and oxygen atoms in total. The van der Waals surface area contributed by atoms with Crippen molar-refractivity contribution in [3.63, 3.8) is 0 Å². The van der Waals surface area contributed by atoms with Crippen LogP contribution in [0, 0.1) is 0 Å². The van der Waals surface area contributed by atoms with E-state index < -0.39 is 0 Å². The van der Waals surface area contributed by atoms with E-state index in [1.54, 1.807) is 11.1 Å². The summed E-state index contributed by atoms with van der Waals surface area (Å²) >= 11 is 0. The summed E-state index contributed by atoms with van der Waals surface area (Å²) in [4.78, 5) is 2.08. The maximum Gasteiger partial charge on any atom is 0.205 e. The molecule has 0 radical (unpaired) electrons. The molecule has 0 atom stereocenters. The highest BCUT2D eigenvalue weighted by molar-refractivity contribution is 5.19. The van der Waals surface area contributed by atoms with Crippen molar-refractivity contribution in [1.82, 2.24) is 15.3 Å². The largest absolute Gasteiger partial charge is 0.358 e. The topological polar surface area (TPSA) is 18.5 Å². The molecular formula is C7H10FN3. The monoisotopic (exact) mass is 155 g/mol. The molecule has 2 rings (SSSR count). The van der Waals surface area contributed by atoms with Gasteiger partial charge in [-0.1, -0.05) is 0 Å². The van der Waals surface area contributed by atoms with Crippen molar-refractivity contribution >= 4 is 0 Å². The number of hydrazine groups is 1. The summed E-state index contributed by atoms with van der Waals surface area (Å²) in [7, 11) is 1.99. The van der Waals surface area contributed by atoms with Gasteiger partial charge in [0.15, 0.2) is 0 Å². The van der Waals surface area contributed by atoms with Crippen LogP contribution in [-0.2, 0) is 0 Å². The first kappa shape index (κ1) is 6.52. The van der Waals surface area contributed by atoms with Gasteiger partial charge in [0.25, 0.3) is 0 Å². The van der Waals surface area contributed by atoms with Gasteiger partial charge in [0.2, 0.25) is 5.95 Å². The molecular weight excluding hydrogens is 145 g/mol. The van der Waals surface area contributed by atoms with Crippen LogP contribution in [0.25, 0.3) is 0 Å². The Morgan fingerprint density at radius 2 is 2.27 bits per heavy atom. The lowest BCUT2D eigenvalue weighted by Crippen LogP contribution is -2.35. The number of halogens is 1. The molecule has 2 aliphatic rings. The molecule has 4 heteroatoms. The fourth-order valence-corrected chi connectivity index (χ4v) is 1.33. The third-order valence-electron chi connectivity index (χ3n) is 1.95. The molecule has 0 aromatic carbocycles. The molecule has 2 heterocycles. The van der Waals surface area contributed by atoms with Gasteiger partial charge in [0.05, 0.1) is 6.54 Å². The molecule has 11 heavy (non-hydrogen) atoms. The lowest BCUT2D eigenvalue weighted by molar-refractivity contribution is 0.257. The van der Waals surface area contributed by atoms with Gasteiger partial charge in [-0.3, -0.25) is 10.4 Å². The number of likely N-dealkylation sites (N-methyl/N-ethyl adjacent to an activating group) is 1. The highest BCUT2D eigenvalue weighted by Gasteiger charge is 2.23. The third-order valence-corrected chi connectivity index (χ3v) is 1.95. The second kappa shape index (κ2) is 2.15. The van der Waals surface area contributed by atoms with Crippen LogP contribution in [-0.4, -0.2) is 30.0 Å². The lowest BCUT2D eigenvalue weighted by Gasteiger charge is -2.24. The van der Waals surface area contributed by atoms with E-state index in [1.807, 2.05) is 7.05 Å². The average Bonchev–Trinajstić information content (AvgIpc) is 2.32. The van der Waals surface area contributed by atoms with Crippen LogP contribution in [0.15, 0.2) is 23.9 Å². The van der Waals surface area contributed by atoms with Crippen molar-refractivity contribution in [1.29, 1.82) is 0 Å². The standard InChI is InChI=1S/C7H10FN3/c1-10-4-5-11-7(10)3-2-6(8)9-11/h2-3,9H,4-5H2,1H3. The van der Waals surface area contributed by atoms with Gasteiger partial charge in [0.1, 0.15) is 5.82 Å². The summed E-state index contributed by atoms with van der Waals surface area (Å²) in [6, 6.07) is 0. The molecule has 0 amide bonds. The molecule has 0 saturated carbocycles. The van der Waals surface area contributed by atoms with E-state index in [-0.39, 0.29) is 5.95 Å². The zero-order valence-electron chi connectivity index (χ0n) is 6.34. The molecule has 0 unspecified atom stereocenters. The van der Waals surface area contributed by atoms with Crippen LogP contribution >= 0.6 is 0 Å². The van der Waals surface area contributed by atoms with Crippen LogP contribution in [0.2, 0.25) is 0 Å². The minimum absolute atomic E-state index is 0.288. The minimum Gasteiger partial charge on any atom is -0.358 e. The second-order valence-corrected chi connectivity index (χ2v) is 2.72. The summed E-state index contributed by atoms with van der Waals surface area (Å²) < 4.78 is 12.6. The van der Waals surface area contributed by atoms with E-state index >= 15 is 0 Å². The van der Waals surface area contributed by atoms with Crippen molar-refractivity contribution in [2.24, 2.45) is 0 Å². The van der Waals surface area contributed by atoms with Gasteiger partial charge in [-0.2, -0.15) is 4.39 Å². The number of rotatable bonds is 0. The van der Waals surface area contributed by atoms with Crippen molar-refractivity contribution in [3.8, 4) is 0 Å². The zero-order valence-corrected chi connectivity index (χ0v) is 6.34. The van der Waals surface area contributed by atoms with Gasteiger partial charge < -0.3 is 4.90 Å². The summed E-state index contributed by atoms with van der Waals surface area (Å²) in [5.74, 6) is 0.746. The first-order valence-corrected chi connectivity index (χ1v) is 3.60. The van der Waals surface area contributed by atoms with Crippen molar-refractivity contribution in [2.45, 2.75) is 0 Å². The van der Waals surface area contributed by atoms with E-state index in [0.29, 0.717) is 0 Å². The van der Waals surface area contributed by atoms with E-state index in [4.69, 9.17) is 0 Å². The van der Waals surface area contributed by atoms with Gasteiger partial charge >= 0.3 is 0 Å². The number of hydrogen-bond donors (Lipinski definition) is 1. The average molecular weight is 155 g/mol. The Labute approximate surface area is 64.7 Å². The lowest BCUT2D eigenvalue weighted by atomic mass is 10.4. The SMILES string of the molecule is CN1CCN2NC(F)=CC=C12. The van der Waals surface area contributed by atoms with Gasteiger partial charge in [-0.15, -0.1) is 0 Å². The van der Waals surface area contributed by atoms with Crippen LogP contribution in [0.5, 0.6) is 0 Å². The van der Waals surface area contributed by atoms with Crippen LogP contribution < -0.4 is 5.43 Å². The predicted molar refractivity (Wildman–Crippen MR) is 39.7 cm³/mol. The molecule has 1 saturated heterocycles. The van der Waals surface area contributed by atoms with E-state index in [0.717, 1.165) is 18.9 Å². The van der Waals surface area contributed by atoms with Crippen molar-refractivity contribution in [3.05, 3.63) is 23.9 Å². The van der Waals surface area contributed by atoms with E-state index in [2.05, 4.69) is 10.3 Å². The fraction of sp³-hybridized carbons (Fsp3) is 0.429. The van der Waals surface area contributed by atoms with Crippen molar-refractivity contribution in [2.75, 3.05) is 20.1 Å². The Morgan fingerprint density at radius 1 is 1.45 bits per heavy atom. The highest BCUT2D eigenvalue weighted by Crippen LogP contribution is 2.18. The van der Waals surface area contributed by atoms with Gasteiger partial charge in [-0.05, 0) is 12.2 Å².